The van der Waals surface area contributed by atoms with Gasteiger partial charge in [-0.05, 0) is 105 Å². The second-order valence-corrected chi connectivity index (χ2v) is 23.3. The Balaban J connectivity index is 1.17. The molecule has 66 heavy (non-hydrogen) atoms. The predicted molar refractivity (Wildman–Crippen MR) is 290 cm³/mol. The van der Waals surface area contributed by atoms with Crippen molar-refractivity contribution in [3.05, 3.63) is 168 Å². The van der Waals surface area contributed by atoms with Crippen LogP contribution in [0.3, 0.4) is 0 Å². The lowest BCUT2D eigenvalue weighted by atomic mass is 9.42. The molecule has 2 aromatic heterocycles. The van der Waals surface area contributed by atoms with Crippen molar-refractivity contribution in [2.24, 2.45) is 0 Å². The van der Waals surface area contributed by atoms with Crippen LogP contribution in [-0.2, 0) is 16.2 Å². The first-order valence-electron chi connectivity index (χ1n) is 23.8. The lowest BCUT2D eigenvalue weighted by Crippen LogP contribution is -2.63. The second kappa shape index (κ2) is 13.3. The van der Waals surface area contributed by atoms with Crippen LogP contribution in [0.4, 0.5) is 28.4 Å². The highest BCUT2D eigenvalue weighted by Crippen LogP contribution is 2.59. The van der Waals surface area contributed by atoms with Gasteiger partial charge in [0, 0.05) is 85.2 Å². The van der Waals surface area contributed by atoms with Gasteiger partial charge in [0.1, 0.15) is 7.28 Å². The van der Waals surface area contributed by atoms with Crippen molar-refractivity contribution in [3.8, 4) is 22.3 Å². The monoisotopic (exact) mass is 883 g/mol. The fourth-order valence-corrected chi connectivity index (χ4v) is 15.1. The average molecular weight is 884 g/mol. The number of thiophene rings is 2. The van der Waals surface area contributed by atoms with Crippen molar-refractivity contribution in [1.29, 1.82) is 0 Å². The third kappa shape index (κ3) is 5.10. The lowest BCUT2D eigenvalue weighted by Gasteiger charge is -2.51. The summed E-state index contributed by atoms with van der Waals surface area (Å²) in [6.45, 7) is 16.8. The Morgan fingerprint density at radius 1 is 0.515 bits per heavy atom. The first-order chi connectivity index (χ1) is 31.9. The van der Waals surface area contributed by atoms with Gasteiger partial charge in [0.25, 0.3) is 0 Å². The summed E-state index contributed by atoms with van der Waals surface area (Å²) in [5.41, 5.74) is 21.4. The molecule has 0 unspecified atom stereocenters. The Bertz CT molecular complexity index is 3760. The van der Waals surface area contributed by atoms with Gasteiger partial charge in [-0.3, -0.25) is 0 Å². The Morgan fingerprint density at radius 2 is 1.23 bits per heavy atom. The minimum atomic E-state index is -0.188. The van der Waals surface area contributed by atoms with Crippen molar-refractivity contribution in [2.75, 3.05) is 9.71 Å². The zero-order valence-electron chi connectivity index (χ0n) is 38.6. The summed E-state index contributed by atoms with van der Waals surface area (Å²) >= 11 is 3.94. The molecule has 1 radical (unpaired) electrons. The molecular formula is C60H49B2N2S2. The molecule has 317 valence electrons. The van der Waals surface area contributed by atoms with Crippen molar-refractivity contribution < 1.29 is 0 Å². The smallest absolute Gasteiger partial charge is 0.333 e. The van der Waals surface area contributed by atoms with Crippen molar-refractivity contribution in [1.82, 2.24) is 0 Å². The van der Waals surface area contributed by atoms with Crippen LogP contribution in [0.2, 0.25) is 6.82 Å². The van der Waals surface area contributed by atoms with Gasteiger partial charge in [0.15, 0.2) is 0 Å². The molecular weight excluding hydrogens is 834 g/mol. The summed E-state index contributed by atoms with van der Waals surface area (Å²) < 4.78 is 5.45. The fourth-order valence-electron chi connectivity index (χ4n) is 12.7. The Hall–Kier alpha value is -6.07. The highest BCUT2D eigenvalue weighted by atomic mass is 32.1. The summed E-state index contributed by atoms with van der Waals surface area (Å²) in [6.07, 6.45) is 2.40. The average Bonchev–Trinajstić information content (AvgIpc) is 3.89. The molecule has 8 aromatic carbocycles. The van der Waals surface area contributed by atoms with Gasteiger partial charge in [-0.2, -0.15) is 0 Å². The van der Waals surface area contributed by atoms with Crippen LogP contribution in [0.5, 0.6) is 0 Å². The van der Waals surface area contributed by atoms with Gasteiger partial charge in [-0.15, -0.1) is 22.7 Å². The topological polar surface area (TPSA) is 6.48 Å². The summed E-state index contributed by atoms with van der Waals surface area (Å²) in [4.78, 5) is 5.45. The van der Waals surface area contributed by atoms with E-state index in [0.29, 0.717) is 0 Å². The molecule has 10 aromatic rings. The molecule has 0 bridgehead atoms. The number of rotatable bonds is 3. The summed E-state index contributed by atoms with van der Waals surface area (Å²) in [5, 5.41) is 5.42. The molecule has 14 rings (SSSR count). The van der Waals surface area contributed by atoms with E-state index in [1.54, 1.807) is 0 Å². The van der Waals surface area contributed by atoms with E-state index in [1.807, 2.05) is 22.7 Å². The minimum Gasteiger partial charge on any atom is -0.376 e. The number of anilines is 5. The summed E-state index contributed by atoms with van der Waals surface area (Å²) in [5.74, 6) is 0. The SMILES string of the molecule is C[B]c1ccc(N2c3cc4sc5cc6c(cc5c4cc3B3c4c2cc2c(sc5ccccc52)c4-c2cccc4c2N3c2ccccc2C4(C)C)C(C)(C)CCC6(C)C)c(-c2ccccc2)c1. The zero-order chi connectivity index (χ0) is 44.6. The molecule has 4 aliphatic rings. The Kier molecular flexibility index (Phi) is 7.89. The molecule has 0 saturated carbocycles. The van der Waals surface area contributed by atoms with Crippen molar-refractivity contribution in [2.45, 2.75) is 77.5 Å². The molecule has 6 heteroatoms. The number of hydrogen-bond acceptors (Lipinski definition) is 4. The fraction of sp³-hybridized carbons (Fsp3) is 0.200. The maximum absolute atomic E-state index is 2.77. The van der Waals surface area contributed by atoms with E-state index in [-0.39, 0.29) is 23.1 Å². The molecule has 0 fully saturated rings. The van der Waals surface area contributed by atoms with Gasteiger partial charge in [0.05, 0.1) is 5.69 Å². The number of benzene rings is 8. The van der Waals surface area contributed by atoms with Gasteiger partial charge < -0.3 is 9.71 Å². The van der Waals surface area contributed by atoms with Crippen LogP contribution in [0.1, 0.15) is 76.6 Å². The maximum Gasteiger partial charge on any atom is 0.333 e. The van der Waals surface area contributed by atoms with Crippen LogP contribution in [-0.4, -0.2) is 14.1 Å². The van der Waals surface area contributed by atoms with Crippen LogP contribution >= 0.6 is 22.7 Å². The Labute approximate surface area is 396 Å². The van der Waals surface area contributed by atoms with Gasteiger partial charge >= 0.3 is 6.85 Å². The van der Waals surface area contributed by atoms with E-state index >= 15 is 0 Å². The number of hydrogen-bond donors (Lipinski definition) is 0. The summed E-state index contributed by atoms with van der Waals surface area (Å²) in [7, 11) is 2.23. The molecule has 1 aliphatic carbocycles. The first kappa shape index (κ1) is 39.1. The van der Waals surface area contributed by atoms with Crippen LogP contribution < -0.4 is 26.1 Å². The van der Waals surface area contributed by atoms with E-state index in [2.05, 4.69) is 211 Å². The van der Waals surface area contributed by atoms with E-state index in [4.69, 9.17) is 0 Å². The lowest BCUT2D eigenvalue weighted by molar-refractivity contribution is 0.332. The van der Waals surface area contributed by atoms with E-state index in [9.17, 15) is 0 Å². The number of nitrogens with zero attached hydrogens (tertiary/aromatic N) is 2. The highest BCUT2D eigenvalue weighted by molar-refractivity contribution is 7.27. The minimum absolute atomic E-state index is 0.0717. The van der Waals surface area contributed by atoms with E-state index in [0.717, 1.165) is 0 Å². The van der Waals surface area contributed by atoms with Gasteiger partial charge in [-0.1, -0.05) is 157 Å². The molecule has 2 nitrogen and oxygen atoms in total. The standard InChI is InChI=1S/C60H49B2N2S2/c1-58(2)26-27-59(3,4)45-32-52-39(29-44(45)58)40-30-46-49(33-53(40)65-52)63(47-25-24-35(61-7)28-38(47)34-16-9-8-10-17-34)50-31-41-36-18-11-14-23-51(36)66-57(41)54-37-19-15-21-43-56(37)64(62(46)55(50)54)48-22-13-12-20-42(48)60(43,5)6/h8-25,28-33H,26-27H2,1-7H3. The molecule has 0 amide bonds. The molecule has 0 spiro atoms. The third-order valence-electron chi connectivity index (χ3n) is 16.3. The number of para-hydroxylation sites is 2. The van der Waals surface area contributed by atoms with Crippen molar-refractivity contribution in [3.63, 3.8) is 0 Å². The second-order valence-electron chi connectivity index (χ2n) is 21.2. The Morgan fingerprint density at radius 3 is 2.05 bits per heavy atom. The van der Waals surface area contributed by atoms with Crippen LogP contribution in [0, 0.1) is 0 Å². The van der Waals surface area contributed by atoms with Gasteiger partial charge in [-0.25, -0.2) is 0 Å². The maximum atomic E-state index is 2.77. The van der Waals surface area contributed by atoms with Crippen LogP contribution in [0.15, 0.2) is 146 Å². The summed E-state index contributed by atoms with van der Waals surface area (Å²) in [6, 6.07) is 56.7. The molecule has 0 atom stereocenters. The molecule has 3 aliphatic heterocycles. The predicted octanol–water partition coefficient (Wildman–Crippen LogP) is 15.2. The molecule has 0 N–H and O–H groups in total. The van der Waals surface area contributed by atoms with E-state index < -0.39 is 0 Å². The molecule has 0 saturated heterocycles. The normalized spacial score (nSPS) is 16.9. The van der Waals surface area contributed by atoms with Gasteiger partial charge in [0.2, 0.25) is 0 Å². The third-order valence-corrected chi connectivity index (χ3v) is 18.6. The largest absolute Gasteiger partial charge is 0.376 e. The first-order valence-corrected chi connectivity index (χ1v) is 25.4. The molecule has 5 heterocycles. The quantitative estimate of drug-likeness (QED) is 0.163. The van der Waals surface area contributed by atoms with E-state index in [1.165, 1.54) is 143 Å². The highest BCUT2D eigenvalue weighted by Gasteiger charge is 2.51. The van der Waals surface area contributed by atoms with Crippen molar-refractivity contribution >= 4 is 122 Å². The zero-order valence-corrected chi connectivity index (χ0v) is 40.3. The number of fused-ring (bicyclic) bond motifs is 14. The van der Waals surface area contributed by atoms with Crippen LogP contribution in [0.25, 0.3) is 62.6 Å².